The third kappa shape index (κ3) is 3.51. The predicted molar refractivity (Wildman–Crippen MR) is 70.4 cm³/mol. The van der Waals surface area contributed by atoms with Gasteiger partial charge in [0.1, 0.15) is 42.9 Å². The van der Waals surface area contributed by atoms with E-state index in [2.05, 4.69) is 0 Å². The first-order valence-corrected chi connectivity index (χ1v) is 6.52. The molecule has 4 N–H and O–H groups in total. The van der Waals surface area contributed by atoms with Gasteiger partial charge in [0, 0.05) is 6.92 Å². The summed E-state index contributed by atoms with van der Waals surface area (Å²) in [5.74, 6) is -0.555. The van der Waals surface area contributed by atoms with Crippen molar-refractivity contribution < 1.29 is 34.7 Å². The fourth-order valence-electron chi connectivity index (χ4n) is 2.27. The van der Waals surface area contributed by atoms with Crippen LogP contribution in [0.4, 0.5) is 0 Å². The largest absolute Gasteiger partial charge is 0.508 e. The molecule has 0 aliphatic carbocycles. The molecule has 7 nitrogen and oxygen atoms in total. The SMILES string of the molecule is CC(=O)OCC1OC(c2cccc(O)c2)C(O)C(O)C1O. The molecule has 21 heavy (non-hydrogen) atoms. The molecule has 0 saturated carbocycles. The number of carbonyl (C=O) groups excluding carboxylic acids is 1. The Bertz CT molecular complexity index is 504. The Kier molecular flexibility index (Phi) is 4.79. The van der Waals surface area contributed by atoms with E-state index in [-0.39, 0.29) is 12.4 Å². The Morgan fingerprint density at radius 1 is 1.24 bits per heavy atom. The summed E-state index contributed by atoms with van der Waals surface area (Å²) in [5, 5.41) is 39.3. The van der Waals surface area contributed by atoms with Gasteiger partial charge in [-0.25, -0.2) is 0 Å². The molecule has 1 saturated heterocycles. The maximum Gasteiger partial charge on any atom is 0.302 e. The predicted octanol–water partition coefficient (Wildman–Crippen LogP) is -0.522. The number of aliphatic hydroxyl groups excluding tert-OH is 3. The first-order chi connectivity index (χ1) is 9.90. The first kappa shape index (κ1) is 15.7. The number of phenolic OH excluding ortho intramolecular Hbond substituents is 1. The summed E-state index contributed by atoms with van der Waals surface area (Å²) in [6.45, 7) is 0.975. The molecule has 1 aromatic carbocycles. The van der Waals surface area contributed by atoms with E-state index in [9.17, 15) is 25.2 Å². The Morgan fingerprint density at radius 3 is 2.57 bits per heavy atom. The summed E-state index contributed by atoms with van der Waals surface area (Å²) in [4.78, 5) is 10.8. The highest BCUT2D eigenvalue weighted by molar-refractivity contribution is 5.65. The van der Waals surface area contributed by atoms with Gasteiger partial charge in [-0.1, -0.05) is 12.1 Å². The number of ether oxygens (including phenoxy) is 2. The van der Waals surface area contributed by atoms with Gasteiger partial charge in [-0.05, 0) is 17.7 Å². The van der Waals surface area contributed by atoms with E-state index in [1.165, 1.54) is 19.1 Å². The normalized spacial score (nSPS) is 32.7. The van der Waals surface area contributed by atoms with E-state index in [0.29, 0.717) is 5.56 Å². The Labute approximate surface area is 121 Å². The number of phenols is 1. The van der Waals surface area contributed by atoms with Gasteiger partial charge in [0.15, 0.2) is 0 Å². The van der Waals surface area contributed by atoms with Crippen molar-refractivity contribution in [3.63, 3.8) is 0 Å². The van der Waals surface area contributed by atoms with Gasteiger partial charge in [-0.2, -0.15) is 0 Å². The van der Waals surface area contributed by atoms with Gasteiger partial charge in [0.2, 0.25) is 0 Å². The quantitative estimate of drug-likeness (QED) is 0.555. The van der Waals surface area contributed by atoms with E-state index in [0.717, 1.165) is 0 Å². The van der Waals surface area contributed by atoms with Crippen LogP contribution in [0.25, 0.3) is 0 Å². The lowest BCUT2D eigenvalue weighted by atomic mass is 9.91. The Morgan fingerprint density at radius 2 is 1.95 bits per heavy atom. The molecule has 0 amide bonds. The van der Waals surface area contributed by atoms with Gasteiger partial charge in [0.05, 0.1) is 0 Å². The van der Waals surface area contributed by atoms with Crippen molar-refractivity contribution in [2.24, 2.45) is 0 Å². The van der Waals surface area contributed by atoms with Crippen LogP contribution in [0, 0.1) is 0 Å². The molecular formula is C14H18O7. The molecule has 0 spiro atoms. The molecule has 1 aliphatic rings. The fraction of sp³-hybridized carbons (Fsp3) is 0.500. The second-order valence-electron chi connectivity index (χ2n) is 4.96. The number of hydrogen-bond acceptors (Lipinski definition) is 7. The highest BCUT2D eigenvalue weighted by Gasteiger charge is 2.44. The van der Waals surface area contributed by atoms with Crippen LogP contribution in [-0.4, -0.2) is 57.4 Å². The zero-order valence-electron chi connectivity index (χ0n) is 11.4. The van der Waals surface area contributed by atoms with Crippen LogP contribution in [0.15, 0.2) is 24.3 Å². The number of carbonyl (C=O) groups is 1. The number of esters is 1. The zero-order valence-corrected chi connectivity index (χ0v) is 11.4. The zero-order chi connectivity index (χ0) is 15.6. The Balaban J connectivity index is 2.18. The second kappa shape index (κ2) is 6.40. The van der Waals surface area contributed by atoms with Crippen LogP contribution >= 0.6 is 0 Å². The van der Waals surface area contributed by atoms with Gasteiger partial charge in [-0.3, -0.25) is 4.79 Å². The van der Waals surface area contributed by atoms with Gasteiger partial charge in [0.25, 0.3) is 0 Å². The van der Waals surface area contributed by atoms with Crippen molar-refractivity contribution in [1.29, 1.82) is 0 Å². The van der Waals surface area contributed by atoms with Gasteiger partial charge in [-0.15, -0.1) is 0 Å². The third-order valence-electron chi connectivity index (χ3n) is 3.36. The summed E-state index contributed by atoms with van der Waals surface area (Å²) >= 11 is 0. The molecule has 2 rings (SSSR count). The fourth-order valence-corrected chi connectivity index (χ4v) is 2.27. The van der Waals surface area contributed by atoms with Crippen molar-refractivity contribution >= 4 is 5.97 Å². The van der Waals surface area contributed by atoms with E-state index >= 15 is 0 Å². The number of aromatic hydroxyl groups is 1. The van der Waals surface area contributed by atoms with Crippen LogP contribution in [0.2, 0.25) is 0 Å². The van der Waals surface area contributed by atoms with E-state index < -0.39 is 36.5 Å². The van der Waals surface area contributed by atoms with Gasteiger partial charge < -0.3 is 29.9 Å². The molecule has 1 aliphatic heterocycles. The summed E-state index contributed by atoms with van der Waals surface area (Å²) in [6.07, 6.45) is -6.12. The minimum absolute atomic E-state index is 0.0135. The van der Waals surface area contributed by atoms with Crippen LogP contribution in [0.3, 0.4) is 0 Å². The van der Waals surface area contributed by atoms with Crippen molar-refractivity contribution in [2.75, 3.05) is 6.61 Å². The number of aliphatic hydroxyl groups is 3. The molecule has 7 heteroatoms. The first-order valence-electron chi connectivity index (χ1n) is 6.52. The minimum Gasteiger partial charge on any atom is -0.508 e. The third-order valence-corrected chi connectivity index (χ3v) is 3.36. The lowest BCUT2D eigenvalue weighted by molar-refractivity contribution is -0.234. The highest BCUT2D eigenvalue weighted by atomic mass is 16.6. The van der Waals surface area contributed by atoms with Crippen molar-refractivity contribution in [2.45, 2.75) is 37.4 Å². The lowest BCUT2D eigenvalue weighted by Gasteiger charge is -2.40. The minimum atomic E-state index is -1.45. The van der Waals surface area contributed by atoms with E-state index in [1.54, 1.807) is 12.1 Å². The molecule has 1 aromatic rings. The number of hydrogen-bond donors (Lipinski definition) is 4. The number of rotatable bonds is 3. The lowest BCUT2D eigenvalue weighted by Crippen LogP contribution is -2.55. The van der Waals surface area contributed by atoms with E-state index in [4.69, 9.17) is 9.47 Å². The molecule has 0 aromatic heterocycles. The monoisotopic (exact) mass is 298 g/mol. The van der Waals surface area contributed by atoms with Crippen LogP contribution in [-0.2, 0) is 14.3 Å². The summed E-state index contributed by atoms with van der Waals surface area (Å²) in [6, 6.07) is 6.03. The molecular weight excluding hydrogens is 280 g/mol. The molecule has 116 valence electrons. The van der Waals surface area contributed by atoms with Crippen molar-refractivity contribution in [3.05, 3.63) is 29.8 Å². The van der Waals surface area contributed by atoms with Crippen molar-refractivity contribution in [3.8, 4) is 5.75 Å². The van der Waals surface area contributed by atoms with Crippen LogP contribution < -0.4 is 0 Å². The topological polar surface area (TPSA) is 116 Å². The molecule has 5 unspecified atom stereocenters. The average Bonchev–Trinajstić information content (AvgIpc) is 2.44. The smallest absolute Gasteiger partial charge is 0.302 e. The molecule has 1 fully saturated rings. The maximum atomic E-state index is 10.8. The van der Waals surface area contributed by atoms with Crippen LogP contribution in [0.1, 0.15) is 18.6 Å². The highest BCUT2D eigenvalue weighted by Crippen LogP contribution is 2.33. The summed E-state index contributed by atoms with van der Waals surface area (Å²) in [5.41, 5.74) is 0.446. The van der Waals surface area contributed by atoms with Gasteiger partial charge >= 0.3 is 5.97 Å². The standard InChI is InChI=1S/C14H18O7/c1-7(15)20-6-10-11(17)12(18)13(19)14(21-10)8-3-2-4-9(16)5-8/h2-5,10-14,16-19H,6H2,1H3. The second-order valence-corrected chi connectivity index (χ2v) is 4.96. The van der Waals surface area contributed by atoms with E-state index in [1.807, 2.05) is 0 Å². The molecule has 0 bridgehead atoms. The molecule has 0 radical (unpaired) electrons. The molecule has 1 heterocycles. The number of benzene rings is 1. The van der Waals surface area contributed by atoms with Crippen molar-refractivity contribution in [1.82, 2.24) is 0 Å². The Hall–Kier alpha value is -1.67. The van der Waals surface area contributed by atoms with Crippen LogP contribution in [0.5, 0.6) is 5.75 Å². The maximum absolute atomic E-state index is 10.8. The molecule has 5 atom stereocenters. The summed E-state index contributed by atoms with van der Waals surface area (Å²) < 4.78 is 10.3. The average molecular weight is 298 g/mol. The summed E-state index contributed by atoms with van der Waals surface area (Å²) in [7, 11) is 0.